The number of benzene rings is 4. The number of Topliss-reactive ketones (excluding diaryl/α,β-unsaturated/α-hetero) is 1. The summed E-state index contributed by atoms with van der Waals surface area (Å²) in [6.07, 6.45) is 37.7. The van der Waals surface area contributed by atoms with Gasteiger partial charge in [0.2, 0.25) is 17.6 Å². The smallest absolute Gasteiger partial charge is 0.502 e. The second-order valence-electron chi connectivity index (χ2n) is 32.1. The number of alkyl halides is 3. The topological polar surface area (TPSA) is 390 Å². The summed E-state index contributed by atoms with van der Waals surface area (Å²) in [5.74, 6) is 4.08. The summed E-state index contributed by atoms with van der Waals surface area (Å²) in [6.45, 7) is 23.1. The van der Waals surface area contributed by atoms with Gasteiger partial charge < -0.3 is 92.2 Å². The Labute approximate surface area is 800 Å². The van der Waals surface area contributed by atoms with Crippen molar-refractivity contribution < 1.29 is 102 Å². The Bertz CT molecular complexity index is 5250. The number of halogens is 4. The van der Waals surface area contributed by atoms with Crippen molar-refractivity contribution in [1.29, 1.82) is 0 Å². The highest BCUT2D eigenvalue weighted by atomic mass is 35.5. The number of rotatable bonds is 15. The number of fused-ring (bicyclic) bond motifs is 1. The van der Waals surface area contributed by atoms with Crippen LogP contribution in [0.25, 0.3) is 21.4 Å². The third-order valence-electron chi connectivity index (χ3n) is 20.9. The Morgan fingerprint density at radius 2 is 1.01 bits per heavy atom. The molecule has 0 amide bonds. The number of carbonyl (C=O) groups excluding carboxylic acids is 1. The van der Waals surface area contributed by atoms with Gasteiger partial charge in [-0.1, -0.05) is 53.3 Å². The van der Waals surface area contributed by atoms with Crippen molar-refractivity contribution in [3.8, 4) is 34.9 Å². The van der Waals surface area contributed by atoms with Gasteiger partial charge in [0.15, 0.2) is 16.1 Å². The lowest BCUT2D eigenvalue weighted by Gasteiger charge is -2.32. The molecule has 6 N–H and O–H groups in total. The van der Waals surface area contributed by atoms with Crippen LogP contribution in [0.15, 0.2) is 195 Å². The number of nitrogen functional groups attached to an aromatic ring is 2. The van der Waals surface area contributed by atoms with Crippen molar-refractivity contribution in [1.82, 2.24) is 44.9 Å². The van der Waals surface area contributed by atoms with E-state index in [9.17, 15) is 26.4 Å². The van der Waals surface area contributed by atoms with Gasteiger partial charge in [-0.2, -0.15) is 21.6 Å². The lowest BCUT2D eigenvalue weighted by atomic mass is 9.77. The van der Waals surface area contributed by atoms with Crippen molar-refractivity contribution >= 4 is 107 Å². The first-order valence-corrected chi connectivity index (χ1v) is 49.1. The quantitative estimate of drug-likeness (QED) is 0.0243. The minimum atomic E-state index is -5.55. The highest BCUT2D eigenvalue weighted by molar-refractivity contribution is 7.87. The molecule has 0 bridgehead atoms. The number of aliphatic hydroxyl groups is 1. The van der Waals surface area contributed by atoms with Gasteiger partial charge in [-0.15, -0.1) is 8.58 Å². The number of carbonyl (C=O) groups is 1. The highest BCUT2D eigenvalue weighted by Gasteiger charge is 2.53. The molecule has 10 aliphatic rings. The molecule has 725 valence electrons. The molecule has 31 nitrogen and oxygen atoms in total. The number of hydrogen-bond acceptors (Lipinski definition) is 32. The normalized spacial score (nSPS) is 19.2. The van der Waals surface area contributed by atoms with Crippen LogP contribution < -0.4 is 31.0 Å². The van der Waals surface area contributed by atoms with Crippen LogP contribution in [0, 0.1) is 0 Å². The molecule has 3 unspecified atom stereocenters. The number of aromatic nitrogens is 9. The van der Waals surface area contributed by atoms with Crippen LogP contribution in [-0.4, -0.2) is 228 Å². The number of ether oxygens (including phenoxy) is 12. The Morgan fingerprint density at radius 3 is 1.43 bits per heavy atom. The summed E-state index contributed by atoms with van der Waals surface area (Å²) in [5.41, 5.74) is 15.1. The molecule has 19 rings (SSSR count). The van der Waals surface area contributed by atoms with Crippen molar-refractivity contribution in [3.63, 3.8) is 0 Å². The van der Waals surface area contributed by atoms with Crippen LogP contribution in [0.5, 0.6) is 34.9 Å². The van der Waals surface area contributed by atoms with Crippen LogP contribution in [0.3, 0.4) is 0 Å². The molecule has 9 aromatic rings. The fourth-order valence-electron chi connectivity index (χ4n) is 13.3. The molecule has 5 fully saturated rings. The monoisotopic (exact) mass is 1940 g/mol. The zero-order valence-corrected chi connectivity index (χ0v) is 80.3. The lowest BCUT2D eigenvalue weighted by molar-refractivity contribution is -0.127. The van der Waals surface area contributed by atoms with E-state index in [1.807, 2.05) is 60.7 Å². The van der Waals surface area contributed by atoms with Crippen LogP contribution >= 0.6 is 31.5 Å². The third kappa shape index (κ3) is 37.5. The molecule has 135 heavy (non-hydrogen) atoms. The number of anilines is 4. The summed E-state index contributed by atoms with van der Waals surface area (Å²) in [4.78, 5) is 49.3. The van der Waals surface area contributed by atoms with Crippen molar-refractivity contribution in [2.75, 3.05) is 142 Å². The number of ketones is 1. The van der Waals surface area contributed by atoms with Crippen LogP contribution in [0.4, 0.5) is 35.4 Å². The van der Waals surface area contributed by atoms with Gasteiger partial charge in [0.25, 0.3) is 0 Å². The maximum absolute atomic E-state index is 11.8. The molecule has 0 saturated carbocycles. The average molecular weight is 1940 g/mol. The first-order valence-electron chi connectivity index (χ1n) is 44.5. The van der Waals surface area contributed by atoms with E-state index in [0.29, 0.717) is 105 Å². The number of nitrogens with one attached hydrogen (secondary N) is 1. The second kappa shape index (κ2) is 57.9. The second-order valence-corrected chi connectivity index (χ2v) is 36.0. The zero-order chi connectivity index (χ0) is 95.2. The molecule has 0 spiro atoms. The Kier molecular flexibility index (Phi) is 46.6. The van der Waals surface area contributed by atoms with E-state index < -0.39 is 15.6 Å². The van der Waals surface area contributed by atoms with Gasteiger partial charge in [0.1, 0.15) is 59.0 Å². The van der Waals surface area contributed by atoms with E-state index in [1.54, 1.807) is 104 Å². The fraction of sp³-hybridized carbons (Fsp3) is 0.453. The number of thiazole rings is 1. The number of para-hydroxylation sites is 1. The first kappa shape index (κ1) is 109. The summed E-state index contributed by atoms with van der Waals surface area (Å²) < 4.78 is 138. The van der Waals surface area contributed by atoms with E-state index in [2.05, 4.69) is 120 Å². The van der Waals surface area contributed by atoms with Crippen LogP contribution in [0.2, 0.25) is 5.15 Å². The molecule has 5 saturated heterocycles. The number of hydrogen-bond donors (Lipinski definition) is 4. The number of nitrogens with zero attached hydrogens (tertiary/aromatic N) is 9. The SMILES string of the molecule is C1=COCCC1.CC1(C)OB(C2=CCCOC2)OC1(C)C.CPC.Clc1nccnc1C1=CCCOC1.Nc1ccc(Oc2nccnc2C2=CCCOC2)cc1.Nc1ccc(Oc2nccnc2C2CCCOC2)cc1.O=C1CCCOC1.O=S(=O)(OC1=CCCOC1)C(F)(F)F.OC1CCCOC1.[B].c1ccc2sc(Nc3ccc(Oc4nccnc4C4CCCOC4)cc3)nc2c1. The summed E-state index contributed by atoms with van der Waals surface area (Å²) in [7, 11) is -4.69. The largest absolute Gasteiger partial charge is 0.534 e. The summed E-state index contributed by atoms with van der Waals surface area (Å²) in [5, 5.41) is 13.5. The predicted octanol–water partition coefficient (Wildman–Crippen LogP) is 18.3. The fourth-order valence-corrected chi connectivity index (χ4v) is 14.9. The van der Waals surface area contributed by atoms with Gasteiger partial charge in [0.05, 0.1) is 106 Å². The lowest BCUT2D eigenvalue weighted by Crippen LogP contribution is -2.41. The molecule has 40 heteroatoms. The van der Waals surface area contributed by atoms with Crippen molar-refractivity contribution in [2.24, 2.45) is 0 Å². The molecule has 5 aromatic heterocycles. The minimum Gasteiger partial charge on any atom is -0.502 e. The number of allylic oxidation sites excluding steroid dienone is 1. The van der Waals surface area contributed by atoms with E-state index >= 15 is 0 Å². The molecule has 3 radical (unpaired) electrons. The van der Waals surface area contributed by atoms with Gasteiger partial charge in [-0.25, -0.2) is 29.9 Å². The highest BCUT2D eigenvalue weighted by Crippen LogP contribution is 2.41. The van der Waals surface area contributed by atoms with Crippen LogP contribution in [-0.2, 0) is 71.0 Å². The van der Waals surface area contributed by atoms with E-state index in [0.717, 1.165) is 198 Å². The first-order chi connectivity index (χ1) is 64.8. The maximum atomic E-state index is 11.8. The molecule has 15 heterocycles. The zero-order valence-electron chi connectivity index (χ0n) is 76.9. The Hall–Kier alpha value is -9.99. The molecule has 3 atom stereocenters. The van der Waals surface area contributed by atoms with Crippen molar-refractivity contribution in [2.45, 2.75) is 152 Å². The molecule has 4 aromatic carbocycles. The van der Waals surface area contributed by atoms with Gasteiger partial charge in [0, 0.05) is 131 Å². The van der Waals surface area contributed by atoms with E-state index in [-0.39, 0.29) is 62.8 Å². The van der Waals surface area contributed by atoms with Crippen LogP contribution in [0.1, 0.15) is 152 Å². The number of nitrogens with two attached hydrogens (primary N) is 2. The van der Waals surface area contributed by atoms with E-state index in [1.165, 1.54) is 18.9 Å². The predicted molar refractivity (Wildman–Crippen MR) is 517 cm³/mol. The molecule has 0 aliphatic carbocycles. The third-order valence-corrected chi connectivity index (χ3v) is 23.1. The molecule has 10 aliphatic heterocycles. The number of aliphatic hydroxyl groups excluding tert-OH is 1. The molecular weight excluding hydrogens is 1820 g/mol. The minimum absolute atomic E-state index is 0. The standard InChI is InChI=1S/C22H20N4O2S.C15H17N3O2.C15H15N3O2.C11H19BO3.C9H9ClN2O.C6H7F3O4S.C5H10O2.C5H8O2.C5H8O.C2H7P.B/c1-2-6-19-18(5-1)26-22(29-19)25-16-7-9-17(10-8-16)28-21-20(23-11-12-24-21)15-4-3-13-27-14-15;2*16-12-3-5-13(6-4-12)20-15-14(17-7-8-18-15)11-2-1-9-19-10-11;1-10(2)11(3,4)15-12(14-10)9-6-5-7-13-8-9;10-9-8(11-3-4-12-9)7-2-1-5-13-6-7;7-6(8,9)14(10,11)13-5-2-1-3-12-4-5;2*6-5-2-1-3-7-4-5;1-2-4-6-5-3-1;1-3-2;/h1-2,5-12,15H,3-4,13-14H2,(H,25,26);3-8,11H,1-2,9-10,16H2;2-8H,1,9-10,16H2;6H,5,7-8H2,1-4H3;2-4H,1,5-6H2;2H,1,3-4H2;5-6H,1-4H2;1-4H2;2,4H,1,3,5H2;3H,1-2H3;. The maximum Gasteiger partial charge on any atom is 0.534 e. The summed E-state index contributed by atoms with van der Waals surface area (Å²) in [6, 6.07) is 30.3. The van der Waals surface area contributed by atoms with Crippen molar-refractivity contribution in [3.05, 3.63) is 222 Å². The van der Waals surface area contributed by atoms with Gasteiger partial charge in [-0.05, 0) is 227 Å². The van der Waals surface area contributed by atoms with E-state index in [4.69, 9.17) is 94.3 Å². The Morgan fingerprint density at radius 1 is 0.533 bits per heavy atom. The Balaban J connectivity index is 0.000000176. The molecular formula is C95H120B2ClF3N12O19PS2. The van der Waals surface area contributed by atoms with Gasteiger partial charge >= 0.3 is 22.7 Å². The summed E-state index contributed by atoms with van der Waals surface area (Å²) >= 11 is 7.52. The average Bonchev–Trinajstić information content (AvgIpc) is 1.62. The van der Waals surface area contributed by atoms with Gasteiger partial charge in [-0.3, -0.25) is 19.7 Å².